The van der Waals surface area contributed by atoms with Gasteiger partial charge in [-0.1, -0.05) is 12.1 Å². The molecule has 1 aliphatic carbocycles. The van der Waals surface area contributed by atoms with Gasteiger partial charge in [0.1, 0.15) is 11.3 Å². The number of ether oxygens (including phenoxy) is 1. The number of hydrogen-bond acceptors (Lipinski definition) is 3. The highest BCUT2D eigenvalue weighted by Crippen LogP contribution is 2.27. The molecule has 0 amide bonds. The lowest BCUT2D eigenvalue weighted by Crippen LogP contribution is -2.15. The smallest absolute Gasteiger partial charge is 0.145 e. The first-order valence-corrected chi connectivity index (χ1v) is 6.02. The molecule has 0 spiro atoms. The summed E-state index contributed by atoms with van der Waals surface area (Å²) < 4.78 is 5.34. The van der Waals surface area contributed by atoms with Crippen molar-refractivity contribution in [2.75, 3.05) is 7.11 Å². The van der Waals surface area contributed by atoms with Gasteiger partial charge in [0.25, 0.3) is 0 Å². The van der Waals surface area contributed by atoms with Crippen LogP contribution in [0.3, 0.4) is 0 Å². The van der Waals surface area contributed by atoms with Crippen molar-refractivity contribution < 1.29 is 4.74 Å². The second-order valence-corrected chi connectivity index (χ2v) is 4.48. The zero-order valence-electron chi connectivity index (χ0n) is 9.94. The second-order valence-electron chi connectivity index (χ2n) is 4.48. The molecule has 1 N–H and O–H groups in total. The van der Waals surface area contributed by atoms with Crippen molar-refractivity contribution in [3.05, 3.63) is 36.0 Å². The van der Waals surface area contributed by atoms with E-state index >= 15 is 0 Å². The van der Waals surface area contributed by atoms with Gasteiger partial charge in [-0.3, -0.25) is 4.98 Å². The van der Waals surface area contributed by atoms with Crippen LogP contribution in [0.4, 0.5) is 0 Å². The average Bonchev–Trinajstić information content (AvgIpc) is 3.20. The molecule has 2 aromatic rings. The molecule has 3 nitrogen and oxygen atoms in total. The van der Waals surface area contributed by atoms with Gasteiger partial charge in [0, 0.05) is 24.2 Å². The summed E-state index contributed by atoms with van der Waals surface area (Å²) >= 11 is 0. The quantitative estimate of drug-likeness (QED) is 0.873. The Balaban J connectivity index is 1.99. The number of rotatable bonds is 4. The maximum Gasteiger partial charge on any atom is 0.145 e. The first-order chi connectivity index (χ1) is 8.38. The van der Waals surface area contributed by atoms with E-state index in [2.05, 4.69) is 22.4 Å². The van der Waals surface area contributed by atoms with Crippen LogP contribution in [0.5, 0.6) is 5.75 Å². The van der Waals surface area contributed by atoms with Gasteiger partial charge in [-0.05, 0) is 30.5 Å². The molecule has 1 fully saturated rings. The Morgan fingerprint density at radius 3 is 3.00 bits per heavy atom. The number of fused-ring (bicyclic) bond motifs is 1. The van der Waals surface area contributed by atoms with E-state index in [1.54, 1.807) is 7.11 Å². The number of benzene rings is 1. The van der Waals surface area contributed by atoms with E-state index in [0.717, 1.165) is 23.9 Å². The molecule has 3 heteroatoms. The first kappa shape index (κ1) is 10.5. The van der Waals surface area contributed by atoms with Crippen molar-refractivity contribution in [1.82, 2.24) is 10.3 Å². The lowest BCUT2D eigenvalue weighted by Gasteiger charge is -2.10. The molecule has 1 heterocycles. The third-order valence-corrected chi connectivity index (χ3v) is 3.20. The van der Waals surface area contributed by atoms with Crippen molar-refractivity contribution in [1.29, 1.82) is 0 Å². The van der Waals surface area contributed by atoms with E-state index < -0.39 is 0 Å². The fraction of sp³-hybridized carbons (Fsp3) is 0.357. The van der Waals surface area contributed by atoms with Gasteiger partial charge in [0.15, 0.2) is 0 Å². The van der Waals surface area contributed by atoms with E-state index in [4.69, 9.17) is 4.74 Å². The van der Waals surface area contributed by atoms with E-state index in [9.17, 15) is 0 Å². The molecule has 1 aromatic heterocycles. The molecule has 0 aliphatic heterocycles. The minimum absolute atomic E-state index is 0.726. The lowest BCUT2D eigenvalue weighted by molar-refractivity contribution is 0.418. The molecule has 88 valence electrons. The van der Waals surface area contributed by atoms with Crippen LogP contribution in [0.15, 0.2) is 30.5 Å². The summed E-state index contributed by atoms with van der Waals surface area (Å²) in [6, 6.07) is 8.93. The predicted octanol–water partition coefficient (Wildman–Crippen LogP) is 2.50. The summed E-state index contributed by atoms with van der Waals surface area (Å²) in [6.45, 7) is 0.914. The number of hydrogen-bond donors (Lipinski definition) is 1. The maximum absolute atomic E-state index is 5.34. The molecule has 1 aliphatic rings. The third kappa shape index (κ3) is 2.11. The second kappa shape index (κ2) is 4.34. The topological polar surface area (TPSA) is 34.1 Å². The fourth-order valence-corrected chi connectivity index (χ4v) is 2.07. The van der Waals surface area contributed by atoms with Gasteiger partial charge in [0.2, 0.25) is 0 Å². The Kier molecular flexibility index (Phi) is 2.69. The summed E-state index contributed by atoms with van der Waals surface area (Å²) in [5.74, 6) is 0.843. The van der Waals surface area contributed by atoms with Gasteiger partial charge >= 0.3 is 0 Å². The largest absolute Gasteiger partial charge is 0.494 e. The highest BCUT2D eigenvalue weighted by Gasteiger charge is 2.20. The summed E-state index contributed by atoms with van der Waals surface area (Å²) in [4.78, 5) is 4.40. The average molecular weight is 228 g/mol. The van der Waals surface area contributed by atoms with Crippen LogP contribution >= 0.6 is 0 Å². The van der Waals surface area contributed by atoms with Gasteiger partial charge in [-0.25, -0.2) is 0 Å². The van der Waals surface area contributed by atoms with Crippen LogP contribution in [-0.4, -0.2) is 18.1 Å². The van der Waals surface area contributed by atoms with E-state index in [1.807, 2.05) is 18.3 Å². The third-order valence-electron chi connectivity index (χ3n) is 3.20. The molecule has 1 saturated carbocycles. The predicted molar refractivity (Wildman–Crippen MR) is 68.2 cm³/mol. The molecular weight excluding hydrogens is 212 g/mol. The Hall–Kier alpha value is -1.61. The van der Waals surface area contributed by atoms with Crippen molar-refractivity contribution in [2.45, 2.75) is 25.4 Å². The van der Waals surface area contributed by atoms with Gasteiger partial charge < -0.3 is 10.1 Å². The molecule has 0 unspecified atom stereocenters. The number of nitrogens with zero attached hydrogens (tertiary/aromatic N) is 1. The van der Waals surface area contributed by atoms with Gasteiger partial charge in [0.05, 0.1) is 7.11 Å². The molecule has 0 atom stereocenters. The van der Waals surface area contributed by atoms with Crippen LogP contribution in [0.1, 0.15) is 18.4 Å². The van der Waals surface area contributed by atoms with Gasteiger partial charge in [-0.15, -0.1) is 0 Å². The SMILES string of the molecule is COc1ccc(CNC2CC2)c2cccnc12. The summed E-state index contributed by atoms with van der Waals surface area (Å²) in [5, 5.41) is 4.71. The van der Waals surface area contributed by atoms with Crippen molar-refractivity contribution in [2.24, 2.45) is 0 Å². The number of nitrogens with one attached hydrogen (secondary N) is 1. The van der Waals surface area contributed by atoms with Crippen molar-refractivity contribution >= 4 is 10.9 Å². The normalized spacial score (nSPS) is 15.1. The zero-order valence-corrected chi connectivity index (χ0v) is 9.94. The van der Waals surface area contributed by atoms with Gasteiger partial charge in [-0.2, -0.15) is 0 Å². The minimum Gasteiger partial charge on any atom is -0.494 e. The Morgan fingerprint density at radius 1 is 1.35 bits per heavy atom. The first-order valence-electron chi connectivity index (χ1n) is 6.02. The summed E-state index contributed by atoms with van der Waals surface area (Å²) in [5.41, 5.74) is 2.24. The lowest BCUT2D eigenvalue weighted by atomic mass is 10.1. The number of aromatic nitrogens is 1. The standard InChI is InChI=1S/C14H16N2O/c1-17-13-7-4-10(9-16-11-5-6-11)12-3-2-8-15-14(12)13/h2-4,7-8,11,16H,5-6,9H2,1H3. The Morgan fingerprint density at radius 2 is 2.24 bits per heavy atom. The van der Waals surface area contributed by atoms with Crippen LogP contribution < -0.4 is 10.1 Å². The van der Waals surface area contributed by atoms with E-state index in [-0.39, 0.29) is 0 Å². The number of methoxy groups -OCH3 is 1. The Bertz CT molecular complexity index is 535. The monoisotopic (exact) mass is 228 g/mol. The summed E-state index contributed by atoms with van der Waals surface area (Å²) in [6.07, 6.45) is 4.43. The zero-order chi connectivity index (χ0) is 11.7. The molecule has 0 saturated heterocycles. The molecule has 0 radical (unpaired) electrons. The van der Waals surface area contributed by atoms with Crippen LogP contribution in [0, 0.1) is 0 Å². The molecule has 0 bridgehead atoms. The molecule has 1 aromatic carbocycles. The highest BCUT2D eigenvalue weighted by molar-refractivity contribution is 5.87. The van der Waals surface area contributed by atoms with Crippen LogP contribution in [0.25, 0.3) is 10.9 Å². The van der Waals surface area contributed by atoms with Crippen molar-refractivity contribution in [3.8, 4) is 5.75 Å². The van der Waals surface area contributed by atoms with Crippen LogP contribution in [0.2, 0.25) is 0 Å². The Labute approximate surface area is 101 Å². The molecule has 17 heavy (non-hydrogen) atoms. The van der Waals surface area contributed by atoms with Crippen molar-refractivity contribution in [3.63, 3.8) is 0 Å². The fourth-order valence-electron chi connectivity index (χ4n) is 2.07. The van der Waals surface area contributed by atoms with Crippen LogP contribution in [-0.2, 0) is 6.54 Å². The van der Waals surface area contributed by atoms with E-state index in [1.165, 1.54) is 23.8 Å². The molecule has 3 rings (SSSR count). The van der Waals surface area contributed by atoms with E-state index in [0.29, 0.717) is 0 Å². The maximum atomic E-state index is 5.34. The number of pyridine rings is 1. The molecular formula is C14H16N2O. The highest BCUT2D eigenvalue weighted by atomic mass is 16.5. The summed E-state index contributed by atoms with van der Waals surface area (Å²) in [7, 11) is 1.69. The minimum atomic E-state index is 0.726.